The van der Waals surface area contributed by atoms with Crippen LogP contribution in [-0.2, 0) is 18.2 Å². The van der Waals surface area contributed by atoms with Crippen molar-refractivity contribution in [2.45, 2.75) is 37.2 Å². The maximum absolute atomic E-state index is 12.9. The maximum Gasteiger partial charge on any atom is 0.341 e. The Morgan fingerprint density at radius 2 is 2.09 bits per heavy atom. The fraction of sp³-hybridized carbons (Fsp3) is 0.300. The number of rotatable bonds is 8. The number of nitrogens with one attached hydrogen (secondary N) is 1. The van der Waals surface area contributed by atoms with E-state index < -0.39 is 16.8 Å². The van der Waals surface area contributed by atoms with Gasteiger partial charge < -0.3 is 14.6 Å². The van der Waals surface area contributed by atoms with Crippen molar-refractivity contribution in [3.63, 3.8) is 0 Å². The number of benzene rings is 1. The molecule has 12 heteroatoms. The van der Waals surface area contributed by atoms with Crippen molar-refractivity contribution in [3.05, 3.63) is 56.2 Å². The number of esters is 1. The number of amides is 1. The zero-order valence-corrected chi connectivity index (χ0v) is 19.5. The average molecular weight is 476 g/mol. The topological polar surface area (TPSA) is 129 Å². The van der Waals surface area contributed by atoms with E-state index in [0.29, 0.717) is 27.0 Å². The first-order chi connectivity index (χ1) is 15.3. The van der Waals surface area contributed by atoms with Gasteiger partial charge in [-0.2, -0.15) is 0 Å². The van der Waals surface area contributed by atoms with Crippen molar-refractivity contribution in [3.8, 4) is 0 Å². The molecular weight excluding hydrogens is 454 g/mol. The van der Waals surface area contributed by atoms with Crippen LogP contribution in [-0.4, -0.2) is 38.2 Å². The Labute approximate surface area is 192 Å². The van der Waals surface area contributed by atoms with Crippen LogP contribution in [0.2, 0.25) is 0 Å². The summed E-state index contributed by atoms with van der Waals surface area (Å²) in [6.07, 6.45) is 2.09. The Bertz CT molecular complexity index is 1190. The molecule has 0 unspecified atom stereocenters. The SMILES string of the molecule is CCOC(=O)c1c(NC(=O)c2ccc(Sc3nncn3C)c([N+](=O)[O-])c2)sc(C)c1CC. The molecule has 2 aromatic heterocycles. The highest BCUT2D eigenvalue weighted by Crippen LogP contribution is 2.36. The fourth-order valence-corrected chi connectivity index (χ4v) is 5.02. The van der Waals surface area contributed by atoms with Crippen LogP contribution >= 0.6 is 23.1 Å². The summed E-state index contributed by atoms with van der Waals surface area (Å²) in [6, 6.07) is 4.20. The van der Waals surface area contributed by atoms with E-state index in [1.807, 2.05) is 13.8 Å². The van der Waals surface area contributed by atoms with E-state index in [4.69, 9.17) is 4.74 Å². The molecule has 0 saturated heterocycles. The van der Waals surface area contributed by atoms with Crippen LogP contribution in [0.3, 0.4) is 0 Å². The van der Waals surface area contributed by atoms with Crippen LogP contribution in [0.15, 0.2) is 34.6 Å². The normalized spacial score (nSPS) is 10.8. The van der Waals surface area contributed by atoms with E-state index >= 15 is 0 Å². The van der Waals surface area contributed by atoms with E-state index in [2.05, 4.69) is 15.5 Å². The van der Waals surface area contributed by atoms with Gasteiger partial charge >= 0.3 is 5.97 Å². The van der Waals surface area contributed by atoms with E-state index in [-0.39, 0.29) is 17.9 Å². The monoisotopic (exact) mass is 475 g/mol. The van der Waals surface area contributed by atoms with Crippen molar-refractivity contribution in [2.24, 2.45) is 7.05 Å². The Kier molecular flexibility index (Phi) is 7.26. The van der Waals surface area contributed by atoms with Crippen molar-refractivity contribution in [2.75, 3.05) is 11.9 Å². The lowest BCUT2D eigenvalue weighted by atomic mass is 10.1. The summed E-state index contributed by atoms with van der Waals surface area (Å²) in [5.41, 5.74) is 1.00. The van der Waals surface area contributed by atoms with Crippen LogP contribution in [0, 0.1) is 17.0 Å². The molecule has 1 amide bonds. The van der Waals surface area contributed by atoms with Gasteiger partial charge in [0.15, 0.2) is 5.16 Å². The molecule has 0 atom stereocenters. The minimum Gasteiger partial charge on any atom is -0.462 e. The van der Waals surface area contributed by atoms with Crippen molar-refractivity contribution < 1.29 is 19.2 Å². The maximum atomic E-state index is 12.9. The number of aryl methyl sites for hydroxylation is 2. The summed E-state index contributed by atoms with van der Waals surface area (Å²) in [7, 11) is 1.73. The van der Waals surface area contributed by atoms with Gasteiger partial charge in [0.25, 0.3) is 11.6 Å². The summed E-state index contributed by atoms with van der Waals surface area (Å²) < 4.78 is 6.78. The van der Waals surface area contributed by atoms with Crippen molar-refractivity contribution in [1.29, 1.82) is 0 Å². The van der Waals surface area contributed by atoms with Gasteiger partial charge in [-0.25, -0.2) is 4.79 Å². The largest absolute Gasteiger partial charge is 0.462 e. The molecule has 0 radical (unpaired) electrons. The Hall–Kier alpha value is -3.25. The summed E-state index contributed by atoms with van der Waals surface area (Å²) in [5.74, 6) is -1.07. The predicted octanol–water partition coefficient (Wildman–Crippen LogP) is 4.24. The van der Waals surface area contributed by atoms with E-state index in [1.165, 1.54) is 35.9 Å². The first-order valence-corrected chi connectivity index (χ1v) is 11.3. The zero-order chi connectivity index (χ0) is 23.4. The number of carbonyl (C=O) groups is 2. The molecule has 0 aliphatic rings. The zero-order valence-electron chi connectivity index (χ0n) is 17.9. The molecule has 0 bridgehead atoms. The summed E-state index contributed by atoms with van der Waals surface area (Å²) in [4.78, 5) is 37.7. The molecule has 0 fully saturated rings. The highest BCUT2D eigenvalue weighted by molar-refractivity contribution is 7.99. The summed E-state index contributed by atoms with van der Waals surface area (Å²) in [6.45, 7) is 5.70. The number of thiophene rings is 1. The lowest BCUT2D eigenvalue weighted by Gasteiger charge is -2.09. The van der Waals surface area contributed by atoms with Crippen LogP contribution in [0.5, 0.6) is 0 Å². The number of ether oxygens (including phenoxy) is 1. The predicted molar refractivity (Wildman–Crippen MR) is 121 cm³/mol. The fourth-order valence-electron chi connectivity index (χ4n) is 3.04. The smallest absolute Gasteiger partial charge is 0.341 e. The van der Waals surface area contributed by atoms with Crippen LogP contribution in [0.4, 0.5) is 10.7 Å². The number of hydrogen-bond donors (Lipinski definition) is 1. The van der Waals surface area contributed by atoms with Crippen LogP contribution in [0.25, 0.3) is 0 Å². The van der Waals surface area contributed by atoms with E-state index in [0.717, 1.165) is 22.2 Å². The van der Waals surface area contributed by atoms with Gasteiger partial charge in [0, 0.05) is 23.6 Å². The molecule has 2 heterocycles. The summed E-state index contributed by atoms with van der Waals surface area (Å²) >= 11 is 2.35. The lowest BCUT2D eigenvalue weighted by Crippen LogP contribution is -2.15. The molecule has 0 spiro atoms. The highest BCUT2D eigenvalue weighted by Gasteiger charge is 2.25. The molecule has 1 aromatic carbocycles. The minimum absolute atomic E-state index is 0.0953. The van der Waals surface area contributed by atoms with E-state index in [1.54, 1.807) is 18.5 Å². The molecule has 10 nitrogen and oxygen atoms in total. The molecule has 0 saturated carbocycles. The van der Waals surface area contributed by atoms with Gasteiger partial charge in [-0.3, -0.25) is 14.9 Å². The van der Waals surface area contributed by atoms with Gasteiger partial charge in [0.2, 0.25) is 0 Å². The number of anilines is 1. The second-order valence-corrected chi connectivity index (χ2v) is 8.87. The molecular formula is C20H21N5O5S2. The number of nitro benzene ring substituents is 1. The average Bonchev–Trinajstić information content (AvgIpc) is 3.29. The highest BCUT2D eigenvalue weighted by atomic mass is 32.2. The second kappa shape index (κ2) is 9.92. The standard InChI is InChI=1S/C20H21N5O5S2/c1-5-13-11(3)31-18(16(13)19(27)30-6-2)22-17(26)12-7-8-15(14(9-12)25(28)29)32-20-23-21-10-24(20)4/h7-10H,5-6H2,1-4H3,(H,22,26). The summed E-state index contributed by atoms with van der Waals surface area (Å²) in [5, 5.41) is 22.9. The van der Waals surface area contributed by atoms with Gasteiger partial charge in [-0.05, 0) is 49.7 Å². The number of aromatic nitrogens is 3. The van der Waals surface area contributed by atoms with Crippen LogP contribution in [0.1, 0.15) is 45.0 Å². The number of nitro groups is 1. The van der Waals surface area contributed by atoms with Gasteiger partial charge in [-0.15, -0.1) is 21.5 Å². The molecule has 3 rings (SSSR count). The van der Waals surface area contributed by atoms with Crippen LogP contribution < -0.4 is 5.32 Å². The number of hydrogen-bond acceptors (Lipinski definition) is 9. The third-order valence-electron chi connectivity index (χ3n) is 4.56. The first-order valence-electron chi connectivity index (χ1n) is 9.67. The lowest BCUT2D eigenvalue weighted by molar-refractivity contribution is -0.387. The molecule has 3 aromatic rings. The van der Waals surface area contributed by atoms with Gasteiger partial charge in [0.05, 0.1) is 22.0 Å². The third-order valence-corrected chi connectivity index (χ3v) is 6.74. The van der Waals surface area contributed by atoms with Crippen molar-refractivity contribution >= 4 is 45.7 Å². The Balaban J connectivity index is 1.92. The molecule has 168 valence electrons. The number of carbonyl (C=O) groups excluding carboxylic acids is 2. The molecule has 0 aliphatic carbocycles. The Morgan fingerprint density at radius 3 is 2.69 bits per heavy atom. The van der Waals surface area contributed by atoms with Crippen molar-refractivity contribution in [1.82, 2.24) is 14.8 Å². The van der Waals surface area contributed by atoms with E-state index in [9.17, 15) is 19.7 Å². The molecule has 0 aliphatic heterocycles. The van der Waals surface area contributed by atoms with Gasteiger partial charge in [-0.1, -0.05) is 6.92 Å². The third kappa shape index (κ3) is 4.81. The molecule has 1 N–H and O–H groups in total. The minimum atomic E-state index is -0.558. The molecule has 32 heavy (non-hydrogen) atoms. The quantitative estimate of drug-likeness (QED) is 0.291. The second-order valence-electron chi connectivity index (χ2n) is 6.64. The number of nitrogens with zero attached hydrogens (tertiary/aromatic N) is 4. The first kappa shape index (κ1) is 23.4. The Morgan fingerprint density at radius 1 is 1.34 bits per heavy atom. The van der Waals surface area contributed by atoms with Gasteiger partial charge in [0.1, 0.15) is 11.3 Å².